The number of hydrogen-bond acceptors (Lipinski definition) is 4. The highest BCUT2D eigenvalue weighted by Crippen LogP contribution is 2.42. The van der Waals surface area contributed by atoms with Crippen LogP contribution in [0.15, 0.2) is 12.1 Å². The van der Waals surface area contributed by atoms with Crippen LogP contribution in [0, 0.1) is 25.2 Å². The van der Waals surface area contributed by atoms with E-state index in [1.165, 1.54) is 0 Å². The minimum atomic E-state index is -0.0250. The average Bonchev–Trinajstić information content (AvgIpc) is 3.00. The van der Waals surface area contributed by atoms with E-state index in [9.17, 15) is 4.79 Å². The fraction of sp³-hybridized carbons (Fsp3) is 0.647. The van der Waals surface area contributed by atoms with Crippen molar-refractivity contribution < 1.29 is 14.3 Å². The van der Waals surface area contributed by atoms with Crippen molar-refractivity contribution in [3.05, 3.63) is 29.1 Å². The molecule has 5 nitrogen and oxygen atoms in total. The Kier molecular flexibility index (Phi) is 4.19. The molecule has 0 radical (unpaired) electrons. The summed E-state index contributed by atoms with van der Waals surface area (Å²) in [4.78, 5) is 19.1. The summed E-state index contributed by atoms with van der Waals surface area (Å²) < 4.78 is 11.3. The molecule has 0 saturated carbocycles. The van der Waals surface area contributed by atoms with Crippen LogP contribution in [-0.2, 0) is 9.47 Å². The maximum Gasteiger partial charge on any atom is 0.254 e. The van der Waals surface area contributed by atoms with Crippen molar-refractivity contribution in [3.63, 3.8) is 0 Å². The van der Waals surface area contributed by atoms with Gasteiger partial charge in [0.2, 0.25) is 0 Å². The molecule has 2 saturated heterocycles. The lowest BCUT2D eigenvalue weighted by Crippen LogP contribution is -2.37. The lowest BCUT2D eigenvalue weighted by Gasteiger charge is -2.26. The zero-order valence-electron chi connectivity index (χ0n) is 13.6. The number of amides is 1. The van der Waals surface area contributed by atoms with Crippen LogP contribution in [-0.4, -0.2) is 55.3 Å². The Balaban J connectivity index is 1.77. The van der Waals surface area contributed by atoms with Gasteiger partial charge in [-0.1, -0.05) is 0 Å². The van der Waals surface area contributed by atoms with Gasteiger partial charge in [-0.3, -0.25) is 9.78 Å². The highest BCUT2D eigenvalue weighted by atomic mass is 16.5. The third-order valence-electron chi connectivity index (χ3n) is 4.73. The first-order valence-corrected chi connectivity index (χ1v) is 7.94. The summed E-state index contributed by atoms with van der Waals surface area (Å²) in [6, 6.07) is 3.74. The van der Waals surface area contributed by atoms with E-state index < -0.39 is 0 Å². The highest BCUT2D eigenvalue weighted by Gasteiger charge is 2.52. The summed E-state index contributed by atoms with van der Waals surface area (Å²) in [5.41, 5.74) is 2.48. The first-order chi connectivity index (χ1) is 10.5. The SMILES string of the molecule is CCOC[C@]12COC[C@H]1CN(C(=O)c1cc(C)nc(C)c1)C2. The van der Waals surface area contributed by atoms with Gasteiger partial charge < -0.3 is 14.4 Å². The van der Waals surface area contributed by atoms with Gasteiger partial charge in [-0.15, -0.1) is 0 Å². The van der Waals surface area contributed by atoms with Crippen molar-refractivity contribution in [2.75, 3.05) is 39.5 Å². The molecule has 2 aliphatic heterocycles. The van der Waals surface area contributed by atoms with Gasteiger partial charge >= 0.3 is 0 Å². The second kappa shape index (κ2) is 5.97. The summed E-state index contributed by atoms with van der Waals surface area (Å²) in [6.45, 7) is 10.1. The lowest BCUT2D eigenvalue weighted by molar-refractivity contribution is 0.0317. The van der Waals surface area contributed by atoms with E-state index in [1.54, 1.807) is 0 Å². The first-order valence-electron chi connectivity index (χ1n) is 7.94. The van der Waals surface area contributed by atoms with Crippen LogP contribution in [0.3, 0.4) is 0 Å². The number of likely N-dealkylation sites (tertiary alicyclic amines) is 1. The fourth-order valence-corrected chi connectivity index (χ4v) is 3.64. The summed E-state index contributed by atoms with van der Waals surface area (Å²) in [5, 5.41) is 0. The Morgan fingerprint density at radius 1 is 1.45 bits per heavy atom. The Hall–Kier alpha value is -1.46. The molecule has 22 heavy (non-hydrogen) atoms. The standard InChI is InChI=1S/C17H24N2O3/c1-4-21-10-17-9-19(7-15(17)8-22-11-17)16(20)14-5-12(2)18-13(3)6-14/h5-6,15H,4,7-11H2,1-3H3/t15-,17-/m1/s1. The Morgan fingerprint density at radius 2 is 2.18 bits per heavy atom. The van der Waals surface area contributed by atoms with Crippen molar-refractivity contribution in [2.45, 2.75) is 20.8 Å². The molecule has 0 unspecified atom stereocenters. The molecule has 0 aliphatic carbocycles. The van der Waals surface area contributed by atoms with E-state index in [0.717, 1.165) is 36.6 Å². The molecule has 0 N–H and O–H groups in total. The average molecular weight is 304 g/mol. The minimum absolute atomic E-state index is 0.0250. The highest BCUT2D eigenvalue weighted by molar-refractivity contribution is 5.94. The van der Waals surface area contributed by atoms with E-state index in [1.807, 2.05) is 37.8 Å². The van der Waals surface area contributed by atoms with Crippen LogP contribution in [0.1, 0.15) is 28.7 Å². The topological polar surface area (TPSA) is 51.7 Å². The van der Waals surface area contributed by atoms with E-state index in [-0.39, 0.29) is 11.3 Å². The molecule has 1 amide bonds. The molecular weight excluding hydrogens is 280 g/mol. The third-order valence-corrected chi connectivity index (χ3v) is 4.73. The van der Waals surface area contributed by atoms with E-state index in [2.05, 4.69) is 4.98 Å². The van der Waals surface area contributed by atoms with Crippen LogP contribution < -0.4 is 0 Å². The van der Waals surface area contributed by atoms with Gasteiger partial charge in [0.15, 0.2) is 0 Å². The number of fused-ring (bicyclic) bond motifs is 1. The molecule has 0 aromatic carbocycles. The summed E-state index contributed by atoms with van der Waals surface area (Å²) >= 11 is 0. The molecule has 2 aliphatic rings. The molecule has 0 bridgehead atoms. The van der Waals surface area contributed by atoms with Gasteiger partial charge in [0, 0.05) is 48.0 Å². The van der Waals surface area contributed by atoms with Gasteiger partial charge in [-0.2, -0.15) is 0 Å². The number of pyridine rings is 1. The number of carbonyl (C=O) groups is 1. The smallest absolute Gasteiger partial charge is 0.254 e. The van der Waals surface area contributed by atoms with Crippen LogP contribution >= 0.6 is 0 Å². The van der Waals surface area contributed by atoms with Crippen LogP contribution in [0.25, 0.3) is 0 Å². The lowest BCUT2D eigenvalue weighted by atomic mass is 9.82. The van der Waals surface area contributed by atoms with E-state index in [0.29, 0.717) is 25.7 Å². The number of carbonyl (C=O) groups excluding carboxylic acids is 1. The van der Waals surface area contributed by atoms with Gasteiger partial charge in [0.05, 0.1) is 19.8 Å². The Labute approximate surface area is 131 Å². The number of ether oxygens (including phenoxy) is 2. The third kappa shape index (κ3) is 2.75. The maximum absolute atomic E-state index is 12.8. The van der Waals surface area contributed by atoms with E-state index >= 15 is 0 Å². The monoisotopic (exact) mass is 304 g/mol. The van der Waals surface area contributed by atoms with Crippen molar-refractivity contribution in [1.29, 1.82) is 0 Å². The zero-order chi connectivity index (χ0) is 15.7. The molecule has 2 atom stereocenters. The van der Waals surface area contributed by atoms with Gasteiger partial charge in [0.1, 0.15) is 0 Å². The number of rotatable bonds is 4. The Morgan fingerprint density at radius 3 is 2.86 bits per heavy atom. The Bertz CT molecular complexity index is 555. The molecule has 120 valence electrons. The van der Waals surface area contributed by atoms with Crippen molar-refractivity contribution in [3.8, 4) is 0 Å². The predicted molar refractivity (Wildman–Crippen MR) is 82.8 cm³/mol. The van der Waals surface area contributed by atoms with Crippen molar-refractivity contribution >= 4 is 5.91 Å². The number of nitrogens with zero attached hydrogens (tertiary/aromatic N) is 2. The van der Waals surface area contributed by atoms with Crippen LogP contribution in [0.2, 0.25) is 0 Å². The normalized spacial score (nSPS) is 27.2. The molecule has 3 heterocycles. The second-order valence-corrected chi connectivity index (χ2v) is 6.54. The molecule has 3 rings (SSSR count). The van der Waals surface area contributed by atoms with Crippen molar-refractivity contribution in [2.24, 2.45) is 11.3 Å². The maximum atomic E-state index is 12.8. The van der Waals surface area contributed by atoms with Crippen LogP contribution in [0.4, 0.5) is 0 Å². The quantitative estimate of drug-likeness (QED) is 0.851. The molecule has 0 spiro atoms. The molecule has 5 heteroatoms. The molecule has 2 fully saturated rings. The predicted octanol–water partition coefficient (Wildman–Crippen LogP) is 1.82. The van der Waals surface area contributed by atoms with E-state index in [4.69, 9.17) is 9.47 Å². The van der Waals surface area contributed by atoms with Crippen LogP contribution in [0.5, 0.6) is 0 Å². The first kappa shape index (κ1) is 15.4. The second-order valence-electron chi connectivity index (χ2n) is 6.54. The minimum Gasteiger partial charge on any atom is -0.381 e. The number of hydrogen-bond donors (Lipinski definition) is 0. The zero-order valence-corrected chi connectivity index (χ0v) is 13.6. The molecule has 1 aromatic rings. The molecular formula is C17H24N2O3. The fourth-order valence-electron chi connectivity index (χ4n) is 3.64. The summed E-state index contributed by atoms with van der Waals surface area (Å²) in [5.74, 6) is 0.478. The largest absolute Gasteiger partial charge is 0.381 e. The number of aryl methyl sites for hydroxylation is 2. The van der Waals surface area contributed by atoms with Crippen molar-refractivity contribution in [1.82, 2.24) is 9.88 Å². The summed E-state index contributed by atoms with van der Waals surface area (Å²) in [7, 11) is 0. The molecule has 1 aromatic heterocycles. The van der Waals surface area contributed by atoms with Gasteiger partial charge in [-0.25, -0.2) is 0 Å². The number of aromatic nitrogens is 1. The summed E-state index contributed by atoms with van der Waals surface area (Å²) in [6.07, 6.45) is 0. The van der Waals surface area contributed by atoms with Gasteiger partial charge in [-0.05, 0) is 32.9 Å². The van der Waals surface area contributed by atoms with Gasteiger partial charge in [0.25, 0.3) is 5.91 Å².